The van der Waals surface area contributed by atoms with Crippen LogP contribution < -0.4 is 4.74 Å². The summed E-state index contributed by atoms with van der Waals surface area (Å²) in [5.74, 6) is 1.57. The van der Waals surface area contributed by atoms with E-state index in [1.54, 1.807) is 23.1 Å². The number of aliphatic imine (C=N–C) groups is 1. The highest BCUT2D eigenvalue weighted by molar-refractivity contribution is 6.04. The lowest BCUT2D eigenvalue weighted by Gasteiger charge is -2.41. The van der Waals surface area contributed by atoms with Crippen LogP contribution in [0.3, 0.4) is 0 Å². The first kappa shape index (κ1) is 21.2. The number of rotatable bonds is 1. The molecule has 1 amide bonds. The fourth-order valence-corrected chi connectivity index (χ4v) is 4.48. The molecule has 5 nitrogen and oxygen atoms in total. The van der Waals surface area contributed by atoms with Crippen LogP contribution in [0.2, 0.25) is 0 Å². The molecule has 1 saturated heterocycles. The van der Waals surface area contributed by atoms with Crippen molar-refractivity contribution in [2.45, 2.75) is 26.8 Å². The Labute approximate surface area is 193 Å². The van der Waals surface area contributed by atoms with E-state index in [-0.39, 0.29) is 17.5 Å². The second-order valence-corrected chi connectivity index (χ2v) is 8.78. The number of amidine groups is 1. The average molecular weight is 444 g/mol. The van der Waals surface area contributed by atoms with Crippen LogP contribution in [0, 0.1) is 19.7 Å². The molecule has 2 heterocycles. The van der Waals surface area contributed by atoms with E-state index in [1.807, 2.05) is 51.1 Å². The fraction of sp³-hybridized carbons (Fsp3) is 0.259. The van der Waals surface area contributed by atoms with E-state index in [0.717, 1.165) is 39.7 Å². The summed E-state index contributed by atoms with van der Waals surface area (Å²) >= 11 is 0. The Bertz CT molecular complexity index is 1270. The Morgan fingerprint density at radius 1 is 1.00 bits per heavy atom. The molecule has 2 aliphatic heterocycles. The van der Waals surface area contributed by atoms with Gasteiger partial charge in [0.2, 0.25) is 0 Å². The first-order valence-electron chi connectivity index (χ1n) is 11.2. The van der Waals surface area contributed by atoms with Crippen molar-refractivity contribution in [2.75, 3.05) is 19.6 Å². The van der Waals surface area contributed by atoms with Gasteiger partial charge in [0, 0.05) is 25.7 Å². The first-order chi connectivity index (χ1) is 15.9. The topological polar surface area (TPSA) is 45.1 Å². The van der Waals surface area contributed by atoms with Crippen molar-refractivity contribution < 1.29 is 13.9 Å². The Morgan fingerprint density at radius 3 is 2.55 bits per heavy atom. The van der Waals surface area contributed by atoms with Gasteiger partial charge in [-0.05, 0) is 62.7 Å². The summed E-state index contributed by atoms with van der Waals surface area (Å²) in [6, 6.07) is 18.2. The van der Waals surface area contributed by atoms with Crippen molar-refractivity contribution in [3.63, 3.8) is 0 Å². The molecule has 0 spiro atoms. The number of halogens is 1. The van der Waals surface area contributed by atoms with Gasteiger partial charge in [0.15, 0.2) is 5.75 Å². The zero-order chi connectivity index (χ0) is 23.1. The molecule has 1 fully saturated rings. The summed E-state index contributed by atoms with van der Waals surface area (Å²) in [6.45, 7) is 7.74. The SMILES string of the molecule is Cc1ccc2c(c1)Oc1ccc(C)cc1C(N1CCN(C(=O)c3ccccc3F)C(C)C1)=N2. The molecule has 5 rings (SSSR count). The van der Waals surface area contributed by atoms with E-state index in [1.165, 1.54) is 6.07 Å². The van der Waals surface area contributed by atoms with Gasteiger partial charge in [0.25, 0.3) is 5.91 Å². The minimum atomic E-state index is -0.487. The van der Waals surface area contributed by atoms with Gasteiger partial charge in [-0.2, -0.15) is 0 Å². The molecular weight excluding hydrogens is 417 g/mol. The van der Waals surface area contributed by atoms with E-state index >= 15 is 0 Å². The van der Waals surface area contributed by atoms with Gasteiger partial charge in [-0.1, -0.05) is 29.8 Å². The fourth-order valence-electron chi connectivity index (χ4n) is 4.48. The van der Waals surface area contributed by atoms with Crippen LogP contribution in [-0.2, 0) is 0 Å². The van der Waals surface area contributed by atoms with Crippen LogP contribution >= 0.6 is 0 Å². The van der Waals surface area contributed by atoms with Crippen LogP contribution in [0.1, 0.15) is 34.0 Å². The number of amides is 1. The quantitative estimate of drug-likeness (QED) is 0.501. The summed E-state index contributed by atoms with van der Waals surface area (Å²) in [6.07, 6.45) is 0. The molecule has 0 saturated carbocycles. The largest absolute Gasteiger partial charge is 0.454 e. The smallest absolute Gasteiger partial charge is 0.257 e. The third kappa shape index (κ3) is 3.97. The van der Waals surface area contributed by atoms with Crippen molar-refractivity contribution in [3.05, 3.63) is 88.7 Å². The highest BCUT2D eigenvalue weighted by Gasteiger charge is 2.32. The van der Waals surface area contributed by atoms with Crippen molar-refractivity contribution in [3.8, 4) is 11.5 Å². The summed E-state index contributed by atoms with van der Waals surface area (Å²) < 4.78 is 20.5. The molecule has 168 valence electrons. The lowest BCUT2D eigenvalue weighted by molar-refractivity contribution is 0.0576. The van der Waals surface area contributed by atoms with Crippen molar-refractivity contribution in [1.29, 1.82) is 0 Å². The molecule has 0 aromatic heterocycles. The predicted octanol–water partition coefficient (Wildman–Crippen LogP) is 5.47. The predicted molar refractivity (Wildman–Crippen MR) is 127 cm³/mol. The van der Waals surface area contributed by atoms with E-state index < -0.39 is 5.82 Å². The number of benzene rings is 3. The van der Waals surface area contributed by atoms with E-state index in [9.17, 15) is 9.18 Å². The molecule has 0 aliphatic carbocycles. The van der Waals surface area contributed by atoms with Crippen LogP contribution in [0.15, 0.2) is 65.7 Å². The number of fused-ring (bicyclic) bond motifs is 2. The Morgan fingerprint density at radius 2 is 1.76 bits per heavy atom. The number of piperazine rings is 1. The number of nitrogens with zero attached hydrogens (tertiary/aromatic N) is 3. The summed E-state index contributed by atoms with van der Waals surface area (Å²) in [5, 5.41) is 0. The lowest BCUT2D eigenvalue weighted by atomic mass is 10.1. The monoisotopic (exact) mass is 443 g/mol. The Kier molecular flexibility index (Phi) is 5.36. The van der Waals surface area contributed by atoms with Gasteiger partial charge in [-0.15, -0.1) is 0 Å². The van der Waals surface area contributed by atoms with Gasteiger partial charge in [-0.3, -0.25) is 4.79 Å². The third-order valence-corrected chi connectivity index (χ3v) is 6.23. The summed E-state index contributed by atoms with van der Waals surface area (Å²) in [5.41, 5.74) is 4.05. The minimum absolute atomic E-state index is 0.108. The lowest BCUT2D eigenvalue weighted by Crippen LogP contribution is -2.55. The number of ether oxygens (including phenoxy) is 1. The third-order valence-electron chi connectivity index (χ3n) is 6.23. The second kappa shape index (κ2) is 8.35. The Hall–Kier alpha value is -3.67. The van der Waals surface area contributed by atoms with Crippen LogP contribution in [0.25, 0.3) is 0 Å². The molecule has 6 heteroatoms. The number of hydrogen-bond acceptors (Lipinski definition) is 4. The standard InChI is InChI=1S/C27H26FN3O2/c1-17-9-11-24-21(14-17)26(29-23-10-8-18(2)15-25(23)33-24)30-12-13-31(19(3)16-30)27(32)20-6-4-5-7-22(20)28/h4-11,14-15,19H,12-13,16H2,1-3H3. The zero-order valence-electron chi connectivity index (χ0n) is 19.0. The maximum Gasteiger partial charge on any atom is 0.257 e. The number of carbonyl (C=O) groups is 1. The highest BCUT2D eigenvalue weighted by Crippen LogP contribution is 2.39. The molecule has 3 aromatic carbocycles. The minimum Gasteiger partial charge on any atom is -0.454 e. The number of aryl methyl sites for hydroxylation is 2. The van der Waals surface area contributed by atoms with E-state index in [0.29, 0.717) is 19.6 Å². The average Bonchev–Trinajstić information content (AvgIpc) is 2.95. The normalized spacial score (nSPS) is 17.5. The molecule has 3 aromatic rings. The molecule has 1 atom stereocenters. The van der Waals surface area contributed by atoms with Crippen molar-refractivity contribution >= 4 is 17.4 Å². The van der Waals surface area contributed by atoms with E-state index in [2.05, 4.69) is 11.0 Å². The number of carbonyl (C=O) groups excluding carboxylic acids is 1. The van der Waals surface area contributed by atoms with Gasteiger partial charge in [0.1, 0.15) is 23.1 Å². The summed E-state index contributed by atoms with van der Waals surface area (Å²) in [7, 11) is 0. The van der Waals surface area contributed by atoms with Crippen molar-refractivity contribution in [1.82, 2.24) is 9.80 Å². The van der Waals surface area contributed by atoms with Crippen LogP contribution in [0.5, 0.6) is 11.5 Å². The second-order valence-electron chi connectivity index (χ2n) is 8.78. The molecule has 0 radical (unpaired) electrons. The van der Waals surface area contributed by atoms with Crippen LogP contribution in [-0.4, -0.2) is 47.2 Å². The highest BCUT2D eigenvalue weighted by atomic mass is 19.1. The van der Waals surface area contributed by atoms with Gasteiger partial charge in [0.05, 0.1) is 11.1 Å². The maximum atomic E-state index is 14.2. The van der Waals surface area contributed by atoms with Gasteiger partial charge >= 0.3 is 0 Å². The molecule has 33 heavy (non-hydrogen) atoms. The zero-order valence-corrected chi connectivity index (χ0v) is 19.0. The molecule has 2 aliphatic rings. The summed E-state index contributed by atoms with van der Waals surface area (Å²) in [4.78, 5) is 22.0. The van der Waals surface area contributed by atoms with Crippen molar-refractivity contribution in [2.24, 2.45) is 4.99 Å². The molecule has 0 bridgehead atoms. The van der Waals surface area contributed by atoms with E-state index in [4.69, 9.17) is 9.73 Å². The van der Waals surface area contributed by atoms with Crippen LogP contribution in [0.4, 0.5) is 10.1 Å². The maximum absolute atomic E-state index is 14.2. The Balaban J connectivity index is 1.48. The first-order valence-corrected chi connectivity index (χ1v) is 11.2. The molecule has 0 N–H and O–H groups in total. The van der Waals surface area contributed by atoms with Gasteiger partial charge < -0.3 is 14.5 Å². The molecular formula is C27H26FN3O2. The van der Waals surface area contributed by atoms with Gasteiger partial charge in [-0.25, -0.2) is 9.38 Å². The molecule has 1 unspecified atom stereocenters. The number of hydrogen-bond donors (Lipinski definition) is 0.